The number of benzene rings is 3. The van der Waals surface area contributed by atoms with E-state index in [4.69, 9.17) is 32.4 Å². The van der Waals surface area contributed by atoms with Crippen LogP contribution in [-0.4, -0.2) is 0 Å². The average molecular weight is 415 g/mol. The fourth-order valence-corrected chi connectivity index (χ4v) is 3.41. The summed E-state index contributed by atoms with van der Waals surface area (Å²) in [4.78, 5) is 13.1. The number of fused-ring (bicyclic) bond motifs is 1. The maximum atomic E-state index is 14.0. The summed E-state index contributed by atoms with van der Waals surface area (Å²) >= 11 is 12.3. The van der Waals surface area contributed by atoms with Gasteiger partial charge in [-0.05, 0) is 18.2 Å². The maximum Gasteiger partial charge on any atom is 0.235 e. The molecular weight excluding hydrogens is 402 g/mol. The number of ether oxygens (including phenoxy) is 1. The van der Waals surface area contributed by atoms with E-state index in [2.05, 4.69) is 0 Å². The first kappa shape index (κ1) is 18.5. The van der Waals surface area contributed by atoms with E-state index in [-0.39, 0.29) is 34.1 Å². The lowest BCUT2D eigenvalue weighted by Gasteiger charge is -2.13. The van der Waals surface area contributed by atoms with Crippen molar-refractivity contribution in [1.29, 1.82) is 0 Å². The molecule has 0 saturated carbocycles. The molecule has 3 aromatic carbocycles. The number of hydrogen-bond acceptors (Lipinski definition) is 3. The molecule has 0 N–H and O–H groups in total. The van der Waals surface area contributed by atoms with Crippen molar-refractivity contribution in [2.45, 2.75) is 6.61 Å². The van der Waals surface area contributed by atoms with Gasteiger partial charge in [0, 0.05) is 16.1 Å². The van der Waals surface area contributed by atoms with Crippen molar-refractivity contribution in [3.05, 3.63) is 98.4 Å². The highest BCUT2D eigenvalue weighted by molar-refractivity contribution is 6.38. The summed E-state index contributed by atoms with van der Waals surface area (Å²) in [5.74, 6) is -0.223. The van der Waals surface area contributed by atoms with E-state index in [1.807, 2.05) is 18.2 Å². The van der Waals surface area contributed by atoms with Crippen molar-refractivity contribution in [2.24, 2.45) is 0 Å². The summed E-state index contributed by atoms with van der Waals surface area (Å²) in [7, 11) is 0. The first-order valence-electron chi connectivity index (χ1n) is 8.42. The molecule has 0 aliphatic heterocycles. The van der Waals surface area contributed by atoms with Crippen molar-refractivity contribution in [3.8, 4) is 17.1 Å². The highest BCUT2D eigenvalue weighted by Gasteiger charge is 2.20. The molecule has 0 aliphatic carbocycles. The minimum absolute atomic E-state index is 0.0275. The molecule has 0 atom stereocenters. The molecule has 1 heterocycles. The van der Waals surface area contributed by atoms with Crippen LogP contribution in [0.5, 0.6) is 5.75 Å². The third-order valence-electron chi connectivity index (χ3n) is 4.24. The van der Waals surface area contributed by atoms with Gasteiger partial charge in [0.2, 0.25) is 11.2 Å². The Morgan fingerprint density at radius 2 is 1.68 bits per heavy atom. The van der Waals surface area contributed by atoms with Gasteiger partial charge in [-0.15, -0.1) is 0 Å². The molecule has 0 saturated heterocycles. The second-order valence-electron chi connectivity index (χ2n) is 6.10. The molecule has 4 aromatic rings. The summed E-state index contributed by atoms with van der Waals surface area (Å²) in [5.41, 5.74) is 0.746. The highest BCUT2D eigenvalue weighted by atomic mass is 35.5. The van der Waals surface area contributed by atoms with Crippen LogP contribution in [0.4, 0.5) is 4.39 Å². The largest absolute Gasteiger partial charge is 0.481 e. The van der Waals surface area contributed by atoms with Crippen LogP contribution in [0.15, 0.2) is 75.9 Å². The monoisotopic (exact) mass is 414 g/mol. The summed E-state index contributed by atoms with van der Waals surface area (Å²) in [6, 6.07) is 18.2. The fraction of sp³-hybridized carbons (Fsp3) is 0.0455. The Hall–Kier alpha value is -2.82. The van der Waals surface area contributed by atoms with Crippen molar-refractivity contribution in [3.63, 3.8) is 0 Å². The van der Waals surface area contributed by atoms with E-state index in [9.17, 15) is 9.18 Å². The predicted octanol–water partition coefficient (Wildman–Crippen LogP) is 6.48. The second-order valence-corrected chi connectivity index (χ2v) is 6.94. The first-order valence-corrected chi connectivity index (χ1v) is 9.17. The van der Waals surface area contributed by atoms with Crippen molar-refractivity contribution in [1.82, 2.24) is 0 Å². The second kappa shape index (κ2) is 7.66. The van der Waals surface area contributed by atoms with Gasteiger partial charge in [-0.2, -0.15) is 0 Å². The number of hydrogen-bond donors (Lipinski definition) is 0. The molecule has 140 valence electrons. The summed E-state index contributed by atoms with van der Waals surface area (Å²) < 4.78 is 25.7. The van der Waals surface area contributed by atoms with Gasteiger partial charge in [-0.1, -0.05) is 71.7 Å². The molecule has 0 radical (unpaired) electrons. The molecule has 4 rings (SSSR count). The number of rotatable bonds is 4. The van der Waals surface area contributed by atoms with Crippen LogP contribution in [-0.2, 0) is 6.61 Å². The zero-order valence-corrected chi connectivity index (χ0v) is 15.9. The molecule has 6 heteroatoms. The Bertz CT molecular complexity index is 1220. The maximum absolute atomic E-state index is 14.0. The van der Waals surface area contributed by atoms with Crippen LogP contribution < -0.4 is 10.2 Å². The molecular formula is C22H13Cl2FO3. The van der Waals surface area contributed by atoms with E-state index >= 15 is 0 Å². The minimum atomic E-state index is -0.430. The van der Waals surface area contributed by atoms with Crippen molar-refractivity contribution in [2.75, 3.05) is 0 Å². The Morgan fingerprint density at radius 1 is 0.964 bits per heavy atom. The molecule has 0 aliphatic rings. The standard InChI is InChI=1S/C22H13Cl2FO3/c23-15-10-16-19(26)22(27-12-14-8-4-5-9-18(14)25)20(13-6-2-1-3-7-13)28-21(16)17(24)11-15/h1-11H,12H2. The molecule has 0 unspecified atom stereocenters. The van der Waals surface area contributed by atoms with Gasteiger partial charge in [-0.3, -0.25) is 4.79 Å². The lowest BCUT2D eigenvalue weighted by molar-refractivity contribution is 0.292. The zero-order chi connectivity index (χ0) is 19.7. The lowest BCUT2D eigenvalue weighted by Crippen LogP contribution is -2.11. The minimum Gasteiger partial charge on any atom is -0.481 e. The van der Waals surface area contributed by atoms with E-state index in [1.54, 1.807) is 30.3 Å². The summed E-state index contributed by atoms with van der Waals surface area (Å²) in [6.07, 6.45) is 0. The van der Waals surface area contributed by atoms with Crippen LogP contribution in [0.2, 0.25) is 10.0 Å². The van der Waals surface area contributed by atoms with Gasteiger partial charge in [0.05, 0.1) is 10.4 Å². The van der Waals surface area contributed by atoms with Gasteiger partial charge in [-0.25, -0.2) is 4.39 Å². The Morgan fingerprint density at radius 3 is 2.43 bits per heavy atom. The lowest BCUT2D eigenvalue weighted by atomic mass is 10.1. The zero-order valence-electron chi connectivity index (χ0n) is 14.4. The van der Waals surface area contributed by atoms with Gasteiger partial charge >= 0.3 is 0 Å². The van der Waals surface area contributed by atoms with Crippen molar-refractivity contribution < 1.29 is 13.5 Å². The van der Waals surface area contributed by atoms with Crippen molar-refractivity contribution >= 4 is 34.2 Å². The molecule has 3 nitrogen and oxygen atoms in total. The third-order valence-corrected chi connectivity index (χ3v) is 4.73. The molecule has 1 aromatic heterocycles. The van der Waals surface area contributed by atoms with E-state index in [0.717, 1.165) is 0 Å². The molecule has 0 amide bonds. The normalized spacial score (nSPS) is 11.0. The predicted molar refractivity (Wildman–Crippen MR) is 109 cm³/mol. The van der Waals surface area contributed by atoms with E-state index in [0.29, 0.717) is 16.1 Å². The molecule has 0 fully saturated rings. The van der Waals surface area contributed by atoms with Gasteiger partial charge in [0.1, 0.15) is 12.4 Å². The molecule has 0 spiro atoms. The Balaban J connectivity index is 1.91. The SMILES string of the molecule is O=c1c(OCc2ccccc2F)c(-c2ccccc2)oc2c(Cl)cc(Cl)cc12. The van der Waals surface area contributed by atoms with E-state index in [1.165, 1.54) is 18.2 Å². The quantitative estimate of drug-likeness (QED) is 0.383. The van der Waals surface area contributed by atoms with Crippen LogP contribution >= 0.6 is 23.2 Å². The summed E-state index contributed by atoms with van der Waals surface area (Å²) in [6.45, 7) is -0.128. The smallest absolute Gasteiger partial charge is 0.235 e. The average Bonchev–Trinajstić information content (AvgIpc) is 2.69. The highest BCUT2D eigenvalue weighted by Crippen LogP contribution is 2.35. The first-order chi connectivity index (χ1) is 13.5. The van der Waals surface area contributed by atoms with Gasteiger partial charge in [0.25, 0.3) is 0 Å². The molecule has 0 bridgehead atoms. The summed E-state index contributed by atoms with van der Waals surface area (Å²) in [5, 5.41) is 0.718. The van der Waals surface area contributed by atoms with Crippen LogP contribution in [0.3, 0.4) is 0 Å². The fourth-order valence-electron chi connectivity index (χ4n) is 2.88. The van der Waals surface area contributed by atoms with Crippen LogP contribution in [0.1, 0.15) is 5.56 Å². The molecule has 28 heavy (non-hydrogen) atoms. The van der Waals surface area contributed by atoms with Gasteiger partial charge in [0.15, 0.2) is 11.3 Å². The van der Waals surface area contributed by atoms with E-state index < -0.39 is 11.2 Å². The van der Waals surface area contributed by atoms with Gasteiger partial charge < -0.3 is 9.15 Å². The Kier molecular flexibility index (Phi) is 5.07. The Labute approximate surface area is 169 Å². The topological polar surface area (TPSA) is 39.4 Å². The third kappa shape index (κ3) is 3.49. The number of halogens is 3. The van der Waals surface area contributed by atoms with Crippen LogP contribution in [0.25, 0.3) is 22.3 Å². The van der Waals surface area contributed by atoms with Crippen LogP contribution in [0, 0.1) is 5.82 Å².